The highest BCUT2D eigenvalue weighted by molar-refractivity contribution is 7.98. The van der Waals surface area contributed by atoms with Crippen LogP contribution < -0.4 is 15.8 Å². The highest BCUT2D eigenvalue weighted by Crippen LogP contribution is 2.22. The van der Waals surface area contributed by atoms with Crippen molar-refractivity contribution in [3.63, 3.8) is 0 Å². The first-order chi connectivity index (χ1) is 15.2. The molecule has 1 aromatic carbocycles. The molecule has 0 radical (unpaired) electrons. The van der Waals surface area contributed by atoms with Gasteiger partial charge in [-0.25, -0.2) is 4.99 Å². The molecular formula is C23H27N5O2S. The van der Waals surface area contributed by atoms with Crippen molar-refractivity contribution in [2.45, 2.75) is 19.1 Å². The minimum Gasteiger partial charge on any atom is -0.493 e. The quantitative estimate of drug-likeness (QED) is 0.630. The average Bonchev–Trinajstić information content (AvgIpc) is 3.15. The summed E-state index contributed by atoms with van der Waals surface area (Å²) in [6.07, 6.45) is 12.6. The van der Waals surface area contributed by atoms with E-state index in [1.807, 2.05) is 36.4 Å². The van der Waals surface area contributed by atoms with Gasteiger partial charge in [-0.3, -0.25) is 0 Å². The van der Waals surface area contributed by atoms with Crippen LogP contribution in [0.1, 0.15) is 25.1 Å². The number of allylic oxidation sites excluding steroid dienone is 6. The van der Waals surface area contributed by atoms with Crippen LogP contribution in [0, 0.1) is 0 Å². The van der Waals surface area contributed by atoms with Crippen molar-refractivity contribution in [3.8, 4) is 5.75 Å². The van der Waals surface area contributed by atoms with E-state index in [1.54, 1.807) is 24.2 Å². The molecule has 0 saturated carbocycles. The predicted molar refractivity (Wildman–Crippen MR) is 127 cm³/mol. The molecule has 0 spiro atoms. The second-order valence-electron chi connectivity index (χ2n) is 6.71. The minimum absolute atomic E-state index is 0.547. The van der Waals surface area contributed by atoms with Gasteiger partial charge in [0.25, 0.3) is 0 Å². The molecule has 4 rings (SSSR count). The van der Waals surface area contributed by atoms with Gasteiger partial charge in [-0.05, 0) is 25.5 Å². The lowest BCUT2D eigenvalue weighted by molar-refractivity contribution is 0.344. The van der Waals surface area contributed by atoms with Gasteiger partial charge in [-0.2, -0.15) is 0 Å². The second kappa shape index (κ2) is 12.4. The molecule has 1 aromatic heterocycles. The number of rotatable bonds is 7. The Labute approximate surface area is 186 Å². The standard InChI is InChI=1S/C19H20N2O2S.C4H7N3/c1-15-6-5-7-16(11-10-15)19-21-20-18(23-19)14-24-13-12-22-17-8-3-2-4-9-17;5-4-3-6-1-2-7-4/h2-6,8-11H,7,12-14H2,1H3;2-3,6H,1,5H2. The highest BCUT2D eigenvalue weighted by Gasteiger charge is 2.11. The van der Waals surface area contributed by atoms with Gasteiger partial charge in [0, 0.05) is 30.3 Å². The molecule has 162 valence electrons. The number of nitrogens with one attached hydrogen (secondary N) is 1. The molecule has 0 bridgehead atoms. The molecule has 2 heterocycles. The van der Waals surface area contributed by atoms with Gasteiger partial charge in [-0.15, -0.1) is 22.0 Å². The number of hydrogen-bond acceptors (Lipinski definition) is 8. The van der Waals surface area contributed by atoms with Crippen molar-refractivity contribution in [1.82, 2.24) is 15.5 Å². The van der Waals surface area contributed by atoms with Crippen molar-refractivity contribution < 1.29 is 9.15 Å². The van der Waals surface area contributed by atoms with E-state index in [0.29, 0.717) is 30.0 Å². The topological polar surface area (TPSA) is 98.6 Å². The van der Waals surface area contributed by atoms with E-state index in [9.17, 15) is 0 Å². The number of aromatic nitrogens is 2. The largest absolute Gasteiger partial charge is 0.493 e. The Morgan fingerprint density at radius 3 is 2.81 bits per heavy atom. The fourth-order valence-corrected chi connectivity index (χ4v) is 3.26. The fraction of sp³-hybridized carbons (Fsp3) is 0.261. The van der Waals surface area contributed by atoms with Crippen molar-refractivity contribution in [2.24, 2.45) is 10.7 Å². The van der Waals surface area contributed by atoms with Gasteiger partial charge in [-0.1, -0.05) is 48.1 Å². The second-order valence-corrected chi connectivity index (χ2v) is 7.82. The number of nitrogens with two attached hydrogens (primary N) is 1. The maximum atomic E-state index is 5.76. The Morgan fingerprint density at radius 2 is 2.06 bits per heavy atom. The molecule has 0 amide bonds. The van der Waals surface area contributed by atoms with Gasteiger partial charge < -0.3 is 20.2 Å². The first kappa shape index (κ1) is 22.4. The van der Waals surface area contributed by atoms with E-state index in [1.165, 1.54) is 5.57 Å². The minimum atomic E-state index is 0.547. The summed E-state index contributed by atoms with van der Waals surface area (Å²) in [6, 6.07) is 9.83. The summed E-state index contributed by atoms with van der Waals surface area (Å²) < 4.78 is 11.4. The van der Waals surface area contributed by atoms with Crippen molar-refractivity contribution in [3.05, 3.63) is 84.0 Å². The molecule has 1 aliphatic heterocycles. The molecular weight excluding hydrogens is 410 g/mol. The molecule has 31 heavy (non-hydrogen) atoms. The molecule has 0 unspecified atom stereocenters. The zero-order valence-electron chi connectivity index (χ0n) is 17.5. The third kappa shape index (κ3) is 8.18. The molecule has 7 nitrogen and oxygen atoms in total. The van der Waals surface area contributed by atoms with Crippen LogP contribution in [-0.2, 0) is 5.75 Å². The van der Waals surface area contributed by atoms with Gasteiger partial charge >= 0.3 is 0 Å². The number of aliphatic imine (C=N–C) groups is 1. The van der Waals surface area contributed by atoms with Crippen LogP contribution in [-0.4, -0.2) is 35.3 Å². The van der Waals surface area contributed by atoms with E-state index in [-0.39, 0.29) is 0 Å². The van der Waals surface area contributed by atoms with Crippen LogP contribution in [0.3, 0.4) is 0 Å². The molecule has 8 heteroatoms. The normalized spacial score (nSPS) is 14.9. The number of hydrogen-bond donors (Lipinski definition) is 2. The lowest BCUT2D eigenvalue weighted by Gasteiger charge is -2.04. The zero-order chi connectivity index (χ0) is 21.7. The Balaban J connectivity index is 0.000000330. The summed E-state index contributed by atoms with van der Waals surface area (Å²) in [5.41, 5.74) is 7.51. The van der Waals surface area contributed by atoms with E-state index in [4.69, 9.17) is 14.9 Å². The number of benzene rings is 1. The lowest BCUT2D eigenvalue weighted by atomic mass is 10.2. The molecule has 0 saturated heterocycles. The number of ether oxygens (including phenoxy) is 1. The summed E-state index contributed by atoms with van der Waals surface area (Å²) >= 11 is 1.72. The summed E-state index contributed by atoms with van der Waals surface area (Å²) in [5.74, 6) is 4.29. The van der Waals surface area contributed by atoms with Crippen LogP contribution in [0.25, 0.3) is 5.57 Å². The summed E-state index contributed by atoms with van der Waals surface area (Å²) in [5, 5.41) is 11.2. The van der Waals surface area contributed by atoms with Gasteiger partial charge in [0.2, 0.25) is 11.8 Å². The summed E-state index contributed by atoms with van der Waals surface area (Å²) in [7, 11) is 0. The zero-order valence-corrected chi connectivity index (χ0v) is 18.3. The number of thioether (sulfide) groups is 1. The highest BCUT2D eigenvalue weighted by atomic mass is 32.2. The predicted octanol–water partition coefficient (Wildman–Crippen LogP) is 4.09. The van der Waals surface area contributed by atoms with E-state index in [0.717, 1.165) is 30.0 Å². The lowest BCUT2D eigenvalue weighted by Crippen LogP contribution is -2.16. The van der Waals surface area contributed by atoms with Crippen LogP contribution in [0.5, 0.6) is 5.75 Å². The van der Waals surface area contributed by atoms with Crippen LogP contribution in [0.2, 0.25) is 0 Å². The number of nitrogens with zero attached hydrogens (tertiary/aromatic N) is 3. The molecule has 2 aromatic rings. The smallest absolute Gasteiger partial charge is 0.244 e. The molecule has 0 fully saturated rings. The third-order valence-corrected chi connectivity index (χ3v) is 5.08. The Hall–Kier alpha value is -3.26. The molecule has 0 atom stereocenters. The van der Waals surface area contributed by atoms with Crippen LogP contribution in [0.4, 0.5) is 0 Å². The van der Waals surface area contributed by atoms with E-state index < -0.39 is 0 Å². The third-order valence-electron chi connectivity index (χ3n) is 4.17. The Morgan fingerprint density at radius 1 is 1.19 bits per heavy atom. The summed E-state index contributed by atoms with van der Waals surface area (Å²) in [6.45, 7) is 3.53. The van der Waals surface area contributed by atoms with Gasteiger partial charge in [0.15, 0.2) is 0 Å². The van der Waals surface area contributed by atoms with Gasteiger partial charge in [0.05, 0.1) is 12.4 Å². The molecule has 1 aliphatic carbocycles. The Bertz CT molecular complexity index is 977. The van der Waals surface area contributed by atoms with E-state index in [2.05, 4.69) is 45.7 Å². The van der Waals surface area contributed by atoms with Crippen LogP contribution in [0.15, 0.2) is 81.6 Å². The monoisotopic (exact) mass is 437 g/mol. The van der Waals surface area contributed by atoms with Crippen molar-refractivity contribution in [2.75, 3.05) is 18.9 Å². The summed E-state index contributed by atoms with van der Waals surface area (Å²) in [4.78, 5) is 3.78. The maximum absolute atomic E-state index is 5.76. The fourth-order valence-electron chi connectivity index (χ4n) is 2.63. The van der Waals surface area contributed by atoms with Crippen molar-refractivity contribution in [1.29, 1.82) is 0 Å². The molecule has 2 aliphatic rings. The number of para-hydroxylation sites is 1. The van der Waals surface area contributed by atoms with E-state index >= 15 is 0 Å². The maximum Gasteiger partial charge on any atom is 0.244 e. The molecule has 3 N–H and O–H groups in total. The SMILES string of the molecule is CC1=CC=C(c2nnc(CSCCOc3ccccc3)o2)CC=C1.NC1=CNCC=N1. The van der Waals surface area contributed by atoms with Crippen molar-refractivity contribution >= 4 is 23.5 Å². The average molecular weight is 438 g/mol. The first-order valence-electron chi connectivity index (χ1n) is 10.0. The van der Waals surface area contributed by atoms with Gasteiger partial charge in [0.1, 0.15) is 11.6 Å². The first-order valence-corrected chi connectivity index (χ1v) is 11.2. The Kier molecular flexibility index (Phi) is 9.00. The van der Waals surface area contributed by atoms with Crippen LogP contribution >= 0.6 is 11.8 Å².